The molecule has 1 aromatic heterocycles. The topological polar surface area (TPSA) is 81.2 Å². The van der Waals surface area contributed by atoms with Gasteiger partial charge in [0.15, 0.2) is 0 Å². The molecule has 0 fully saturated rings. The monoisotopic (exact) mass is 399 g/mol. The number of anilines is 1. The van der Waals surface area contributed by atoms with Gasteiger partial charge in [-0.3, -0.25) is 4.72 Å². The van der Waals surface area contributed by atoms with Crippen LogP contribution in [0.15, 0.2) is 65.6 Å². The van der Waals surface area contributed by atoms with Gasteiger partial charge in [0.1, 0.15) is 17.0 Å². The van der Waals surface area contributed by atoms with Crippen LogP contribution in [0, 0.1) is 0 Å². The van der Waals surface area contributed by atoms with Crippen molar-refractivity contribution in [2.45, 2.75) is 4.90 Å². The molecule has 6 nitrogen and oxygen atoms in total. The lowest BCUT2D eigenvalue weighted by atomic mass is 10.2. The van der Waals surface area contributed by atoms with E-state index in [1.54, 1.807) is 12.1 Å². The number of hydrogen-bond acceptors (Lipinski definition) is 5. The molecule has 0 unspecified atom stereocenters. The molecule has 0 radical (unpaired) electrons. The first-order chi connectivity index (χ1) is 13.0. The molecule has 3 aromatic carbocycles. The normalized spacial score (nSPS) is 11.6. The van der Waals surface area contributed by atoms with E-state index in [9.17, 15) is 8.42 Å². The first-order valence-corrected chi connectivity index (χ1v) is 9.86. The van der Waals surface area contributed by atoms with Gasteiger partial charge in [0.2, 0.25) is 0 Å². The summed E-state index contributed by atoms with van der Waals surface area (Å²) in [6, 6.07) is 16.7. The smallest absolute Gasteiger partial charge is 0.262 e. The van der Waals surface area contributed by atoms with Gasteiger partial charge < -0.3 is 4.74 Å². The Hall–Kier alpha value is -2.90. The van der Waals surface area contributed by atoms with E-state index in [1.165, 1.54) is 31.4 Å². The molecule has 0 aliphatic rings. The summed E-state index contributed by atoms with van der Waals surface area (Å²) >= 11 is 5.85. The number of halogens is 1. The Morgan fingerprint density at radius 3 is 2.22 bits per heavy atom. The van der Waals surface area contributed by atoms with Gasteiger partial charge >= 0.3 is 0 Å². The molecule has 0 spiro atoms. The molecule has 0 amide bonds. The second kappa shape index (κ2) is 6.68. The zero-order valence-corrected chi connectivity index (χ0v) is 15.8. The van der Waals surface area contributed by atoms with Crippen LogP contribution in [0.4, 0.5) is 5.69 Å². The number of nitrogens with zero attached hydrogens (tertiary/aromatic N) is 2. The van der Waals surface area contributed by atoms with E-state index >= 15 is 0 Å². The Morgan fingerprint density at radius 1 is 0.889 bits per heavy atom. The van der Waals surface area contributed by atoms with Crippen LogP contribution in [0.3, 0.4) is 0 Å². The molecule has 8 heteroatoms. The number of methoxy groups -OCH3 is 1. The lowest BCUT2D eigenvalue weighted by molar-refractivity contribution is 0.417. The largest absolute Gasteiger partial charge is 0.494 e. The number of para-hydroxylation sites is 2. The Morgan fingerprint density at radius 2 is 1.56 bits per heavy atom. The number of ether oxygens (including phenoxy) is 1. The number of benzene rings is 3. The molecule has 0 saturated carbocycles. The van der Waals surface area contributed by atoms with Gasteiger partial charge in [0.05, 0.1) is 28.6 Å². The molecule has 27 heavy (non-hydrogen) atoms. The van der Waals surface area contributed by atoms with E-state index < -0.39 is 10.0 Å². The summed E-state index contributed by atoms with van der Waals surface area (Å²) in [6.07, 6.45) is 0. The van der Waals surface area contributed by atoms with Crippen molar-refractivity contribution in [3.05, 3.63) is 65.7 Å². The third-order valence-corrected chi connectivity index (χ3v) is 5.67. The van der Waals surface area contributed by atoms with E-state index in [2.05, 4.69) is 14.7 Å². The molecule has 1 heterocycles. The fraction of sp³-hybridized carbons (Fsp3) is 0.0526. The van der Waals surface area contributed by atoms with Gasteiger partial charge in [-0.25, -0.2) is 18.4 Å². The highest BCUT2D eigenvalue weighted by Crippen LogP contribution is 2.34. The van der Waals surface area contributed by atoms with Gasteiger partial charge in [0, 0.05) is 5.02 Å². The Balaban J connectivity index is 1.91. The first kappa shape index (κ1) is 17.5. The third kappa shape index (κ3) is 3.27. The Bertz CT molecular complexity index is 1260. The van der Waals surface area contributed by atoms with Crippen LogP contribution in [0.5, 0.6) is 5.75 Å². The van der Waals surface area contributed by atoms with Crippen molar-refractivity contribution in [3.8, 4) is 5.75 Å². The molecule has 4 aromatic rings. The third-order valence-electron chi connectivity index (χ3n) is 4.05. The zero-order valence-electron chi connectivity index (χ0n) is 14.2. The highest BCUT2D eigenvalue weighted by Gasteiger charge is 2.20. The van der Waals surface area contributed by atoms with Gasteiger partial charge in [-0.15, -0.1) is 0 Å². The van der Waals surface area contributed by atoms with E-state index in [1.807, 2.05) is 24.3 Å². The molecule has 0 aliphatic carbocycles. The minimum atomic E-state index is -3.86. The van der Waals surface area contributed by atoms with E-state index in [0.29, 0.717) is 27.3 Å². The molecule has 4 rings (SSSR count). The van der Waals surface area contributed by atoms with Gasteiger partial charge in [-0.1, -0.05) is 23.7 Å². The predicted molar refractivity (Wildman–Crippen MR) is 106 cm³/mol. The highest BCUT2D eigenvalue weighted by molar-refractivity contribution is 7.92. The molecular formula is C19H14ClN3O3S. The maximum Gasteiger partial charge on any atom is 0.262 e. The summed E-state index contributed by atoms with van der Waals surface area (Å²) < 4.78 is 33.6. The van der Waals surface area contributed by atoms with Crippen molar-refractivity contribution in [3.63, 3.8) is 0 Å². The average Bonchev–Trinajstić information content (AvgIpc) is 2.67. The van der Waals surface area contributed by atoms with Crippen molar-refractivity contribution in [1.82, 2.24) is 9.97 Å². The summed E-state index contributed by atoms with van der Waals surface area (Å²) in [6.45, 7) is 0. The SMILES string of the molecule is COc1ccc2nc3ccccc3nc2c1NS(=O)(=O)c1ccc(Cl)cc1. The summed E-state index contributed by atoms with van der Waals surface area (Å²) in [5.74, 6) is 0.351. The second-order valence-electron chi connectivity index (χ2n) is 5.78. The Labute approximate surface area is 160 Å². The Kier molecular flexibility index (Phi) is 4.33. The number of fused-ring (bicyclic) bond motifs is 2. The van der Waals surface area contributed by atoms with Crippen LogP contribution in [-0.4, -0.2) is 25.5 Å². The predicted octanol–water partition coefficient (Wildman–Crippen LogP) is 4.25. The highest BCUT2D eigenvalue weighted by atomic mass is 35.5. The van der Waals surface area contributed by atoms with Gasteiger partial charge in [0.25, 0.3) is 10.0 Å². The van der Waals surface area contributed by atoms with Crippen molar-refractivity contribution < 1.29 is 13.2 Å². The standard InChI is InChI=1S/C19H14ClN3O3S/c1-26-17-11-10-16-18(22-15-5-3-2-4-14(15)21-16)19(17)23-27(24,25)13-8-6-12(20)7-9-13/h2-11,23H,1H3. The fourth-order valence-corrected chi connectivity index (χ4v) is 3.95. The number of hydrogen-bond donors (Lipinski definition) is 1. The molecule has 0 saturated heterocycles. The van der Waals surface area contributed by atoms with Crippen LogP contribution in [-0.2, 0) is 10.0 Å². The quantitative estimate of drug-likeness (QED) is 0.519. The molecule has 0 bridgehead atoms. The number of aromatic nitrogens is 2. The van der Waals surface area contributed by atoms with Crippen molar-refractivity contribution >= 4 is 49.4 Å². The van der Waals surface area contributed by atoms with Crippen LogP contribution >= 0.6 is 11.6 Å². The number of nitrogens with one attached hydrogen (secondary N) is 1. The minimum absolute atomic E-state index is 0.0831. The summed E-state index contributed by atoms with van der Waals surface area (Å²) in [5.41, 5.74) is 2.59. The molecule has 0 atom stereocenters. The van der Waals surface area contributed by atoms with E-state index in [0.717, 1.165) is 5.52 Å². The summed E-state index contributed by atoms with van der Waals surface area (Å²) in [5, 5.41) is 0.453. The van der Waals surface area contributed by atoms with Crippen LogP contribution < -0.4 is 9.46 Å². The van der Waals surface area contributed by atoms with Gasteiger partial charge in [-0.05, 0) is 48.5 Å². The molecule has 136 valence electrons. The van der Waals surface area contributed by atoms with Crippen molar-refractivity contribution in [1.29, 1.82) is 0 Å². The fourth-order valence-electron chi connectivity index (χ4n) is 2.74. The maximum atomic E-state index is 12.8. The zero-order chi connectivity index (χ0) is 19.0. The molecule has 1 N–H and O–H groups in total. The summed E-state index contributed by atoms with van der Waals surface area (Å²) in [7, 11) is -2.40. The van der Waals surface area contributed by atoms with Crippen LogP contribution in [0.1, 0.15) is 0 Å². The maximum absolute atomic E-state index is 12.8. The van der Waals surface area contributed by atoms with E-state index in [-0.39, 0.29) is 10.6 Å². The minimum Gasteiger partial charge on any atom is -0.494 e. The summed E-state index contributed by atoms with van der Waals surface area (Å²) in [4.78, 5) is 9.23. The van der Waals surface area contributed by atoms with Crippen LogP contribution in [0.2, 0.25) is 5.02 Å². The molecule has 0 aliphatic heterocycles. The number of sulfonamides is 1. The lowest BCUT2D eigenvalue weighted by Gasteiger charge is -2.14. The van der Waals surface area contributed by atoms with Gasteiger partial charge in [-0.2, -0.15) is 0 Å². The second-order valence-corrected chi connectivity index (χ2v) is 7.90. The van der Waals surface area contributed by atoms with Crippen molar-refractivity contribution in [2.75, 3.05) is 11.8 Å². The molecular weight excluding hydrogens is 386 g/mol. The average molecular weight is 400 g/mol. The van der Waals surface area contributed by atoms with E-state index in [4.69, 9.17) is 16.3 Å². The first-order valence-electron chi connectivity index (χ1n) is 8.00. The van der Waals surface area contributed by atoms with Crippen LogP contribution in [0.25, 0.3) is 22.1 Å². The van der Waals surface area contributed by atoms with Crippen molar-refractivity contribution in [2.24, 2.45) is 0 Å². The number of rotatable bonds is 4. The lowest BCUT2D eigenvalue weighted by Crippen LogP contribution is -2.14.